The SMILES string of the molecule is Cc1cccnc1C(=O)N1CC[C@@](O)(CN2CCC(F)(F)CC2)C1. The Hall–Kier alpha value is -1.60. The van der Waals surface area contributed by atoms with Crippen molar-refractivity contribution in [1.82, 2.24) is 14.8 Å². The summed E-state index contributed by atoms with van der Waals surface area (Å²) in [6.45, 7) is 3.39. The molecule has 0 aliphatic carbocycles. The number of β-amino-alcohol motifs (C(OH)–C–C–N with tert-alkyl or cyclic N) is 1. The Labute approximate surface area is 140 Å². The number of alkyl halides is 2. The summed E-state index contributed by atoms with van der Waals surface area (Å²) in [7, 11) is 0. The van der Waals surface area contributed by atoms with Gasteiger partial charge in [-0.25, -0.2) is 8.78 Å². The van der Waals surface area contributed by atoms with E-state index >= 15 is 0 Å². The number of likely N-dealkylation sites (tertiary alicyclic amines) is 2. The molecule has 0 radical (unpaired) electrons. The van der Waals surface area contributed by atoms with E-state index < -0.39 is 11.5 Å². The number of carbonyl (C=O) groups is 1. The van der Waals surface area contributed by atoms with E-state index in [9.17, 15) is 18.7 Å². The van der Waals surface area contributed by atoms with Gasteiger partial charge < -0.3 is 10.0 Å². The van der Waals surface area contributed by atoms with E-state index in [4.69, 9.17) is 0 Å². The molecule has 5 nitrogen and oxygen atoms in total. The number of pyridine rings is 1. The first-order valence-corrected chi connectivity index (χ1v) is 8.32. The third-order valence-corrected chi connectivity index (χ3v) is 4.94. The molecular formula is C17H23F2N3O2. The van der Waals surface area contributed by atoms with Crippen molar-refractivity contribution < 1.29 is 18.7 Å². The number of rotatable bonds is 3. The molecule has 1 aromatic heterocycles. The number of halogens is 2. The summed E-state index contributed by atoms with van der Waals surface area (Å²) in [5, 5.41) is 10.8. The molecule has 7 heteroatoms. The summed E-state index contributed by atoms with van der Waals surface area (Å²) in [5.41, 5.74) is 0.167. The molecule has 1 atom stereocenters. The Bertz CT molecular complexity index is 616. The first-order valence-electron chi connectivity index (χ1n) is 8.32. The molecule has 2 saturated heterocycles. The van der Waals surface area contributed by atoms with Gasteiger partial charge in [0.25, 0.3) is 11.8 Å². The van der Waals surface area contributed by atoms with E-state index in [1.165, 1.54) is 0 Å². The third-order valence-electron chi connectivity index (χ3n) is 4.94. The summed E-state index contributed by atoms with van der Waals surface area (Å²) in [4.78, 5) is 20.2. The highest BCUT2D eigenvalue weighted by atomic mass is 19.3. The van der Waals surface area contributed by atoms with E-state index in [2.05, 4.69) is 4.98 Å². The Balaban J connectivity index is 1.60. The zero-order valence-corrected chi connectivity index (χ0v) is 13.8. The third kappa shape index (κ3) is 3.72. The van der Waals surface area contributed by atoms with Crippen LogP contribution in [0.3, 0.4) is 0 Å². The largest absolute Gasteiger partial charge is 0.387 e. The Kier molecular flexibility index (Phi) is 4.57. The smallest absolute Gasteiger partial charge is 0.272 e. The maximum Gasteiger partial charge on any atom is 0.272 e. The van der Waals surface area contributed by atoms with Crippen LogP contribution in [-0.4, -0.2) is 70.0 Å². The lowest BCUT2D eigenvalue weighted by molar-refractivity contribution is -0.0720. The van der Waals surface area contributed by atoms with Crippen molar-refractivity contribution in [1.29, 1.82) is 0 Å². The second-order valence-corrected chi connectivity index (χ2v) is 7.00. The normalized spacial score (nSPS) is 27.4. The molecule has 0 unspecified atom stereocenters. The van der Waals surface area contributed by atoms with Gasteiger partial charge in [-0.3, -0.25) is 14.7 Å². The molecule has 0 saturated carbocycles. The fourth-order valence-corrected chi connectivity index (χ4v) is 3.47. The Morgan fingerprint density at radius 2 is 2.00 bits per heavy atom. The lowest BCUT2D eigenvalue weighted by Gasteiger charge is -2.36. The molecule has 1 aromatic rings. The molecule has 1 N–H and O–H groups in total. The highest BCUT2D eigenvalue weighted by Gasteiger charge is 2.42. The van der Waals surface area contributed by atoms with Gasteiger partial charge in [0.2, 0.25) is 0 Å². The van der Waals surface area contributed by atoms with Crippen molar-refractivity contribution in [3.8, 4) is 0 Å². The monoisotopic (exact) mass is 339 g/mol. The molecular weight excluding hydrogens is 316 g/mol. The first kappa shape index (κ1) is 17.2. The van der Waals surface area contributed by atoms with Crippen LogP contribution in [0.1, 0.15) is 35.3 Å². The average molecular weight is 339 g/mol. The van der Waals surface area contributed by atoms with E-state index in [-0.39, 0.29) is 38.4 Å². The van der Waals surface area contributed by atoms with E-state index in [1.807, 2.05) is 17.9 Å². The van der Waals surface area contributed by atoms with Gasteiger partial charge in [-0.05, 0) is 25.0 Å². The highest BCUT2D eigenvalue weighted by Crippen LogP contribution is 2.30. The molecule has 2 aliphatic rings. The predicted molar refractivity (Wildman–Crippen MR) is 85.1 cm³/mol. The molecule has 0 aromatic carbocycles. The Morgan fingerprint density at radius 3 is 2.67 bits per heavy atom. The predicted octanol–water partition coefficient (Wildman–Crippen LogP) is 1.70. The number of nitrogens with zero attached hydrogens (tertiary/aromatic N) is 3. The molecule has 132 valence electrons. The molecule has 1 amide bonds. The summed E-state index contributed by atoms with van der Waals surface area (Å²) in [6, 6.07) is 3.61. The van der Waals surface area contributed by atoms with Crippen LogP contribution in [0.2, 0.25) is 0 Å². The van der Waals surface area contributed by atoms with Crippen molar-refractivity contribution in [3.05, 3.63) is 29.6 Å². The number of aryl methyl sites for hydroxylation is 1. The molecule has 24 heavy (non-hydrogen) atoms. The van der Waals surface area contributed by atoms with Crippen LogP contribution in [-0.2, 0) is 0 Å². The van der Waals surface area contributed by atoms with E-state index in [0.29, 0.717) is 25.2 Å². The van der Waals surface area contributed by atoms with Crippen LogP contribution in [0.5, 0.6) is 0 Å². The summed E-state index contributed by atoms with van der Waals surface area (Å²) < 4.78 is 26.5. The van der Waals surface area contributed by atoms with Crippen LogP contribution in [0, 0.1) is 6.92 Å². The van der Waals surface area contributed by atoms with Crippen molar-refractivity contribution in [2.75, 3.05) is 32.7 Å². The molecule has 0 spiro atoms. The van der Waals surface area contributed by atoms with Crippen LogP contribution >= 0.6 is 0 Å². The summed E-state index contributed by atoms with van der Waals surface area (Å²) >= 11 is 0. The molecule has 2 aliphatic heterocycles. The highest BCUT2D eigenvalue weighted by molar-refractivity contribution is 5.93. The lowest BCUT2D eigenvalue weighted by atomic mass is 10.00. The second-order valence-electron chi connectivity index (χ2n) is 7.00. The molecule has 2 fully saturated rings. The number of hydrogen-bond donors (Lipinski definition) is 1. The van der Waals surface area contributed by atoms with E-state index in [0.717, 1.165) is 5.56 Å². The molecule has 3 heterocycles. The standard InChI is InChI=1S/C17H23F2N3O2/c1-13-3-2-7-20-14(13)15(23)22-10-4-16(24,12-22)11-21-8-5-17(18,19)6-9-21/h2-3,7,24H,4-6,8-12H2,1H3/t16-/m1/s1. The minimum Gasteiger partial charge on any atom is -0.387 e. The minimum absolute atomic E-state index is 0.168. The van der Waals surface area contributed by atoms with Gasteiger partial charge in [0.15, 0.2) is 0 Å². The maximum atomic E-state index is 13.2. The van der Waals surface area contributed by atoms with Crippen molar-refractivity contribution in [3.63, 3.8) is 0 Å². The number of aromatic nitrogens is 1. The van der Waals surface area contributed by atoms with Gasteiger partial charge in [0.05, 0.1) is 12.1 Å². The van der Waals surface area contributed by atoms with Gasteiger partial charge >= 0.3 is 0 Å². The fraction of sp³-hybridized carbons (Fsp3) is 0.647. The van der Waals surface area contributed by atoms with Crippen molar-refractivity contribution >= 4 is 5.91 Å². The average Bonchev–Trinajstić information content (AvgIpc) is 2.92. The second kappa shape index (κ2) is 6.37. The first-order chi connectivity index (χ1) is 11.3. The topological polar surface area (TPSA) is 56.7 Å². The number of hydrogen-bond acceptors (Lipinski definition) is 4. The number of carbonyl (C=O) groups excluding carboxylic acids is 1. The number of piperidine rings is 1. The summed E-state index contributed by atoms with van der Waals surface area (Å²) in [5.74, 6) is -2.78. The van der Waals surface area contributed by atoms with Gasteiger partial charge in [-0.2, -0.15) is 0 Å². The van der Waals surface area contributed by atoms with Gasteiger partial charge in [0, 0.05) is 45.2 Å². The van der Waals surface area contributed by atoms with Crippen LogP contribution in [0.15, 0.2) is 18.3 Å². The van der Waals surface area contributed by atoms with Crippen LogP contribution < -0.4 is 0 Å². The van der Waals surface area contributed by atoms with Gasteiger partial charge in [-0.1, -0.05) is 6.07 Å². The van der Waals surface area contributed by atoms with Gasteiger partial charge in [-0.15, -0.1) is 0 Å². The molecule has 3 rings (SSSR count). The number of amides is 1. The van der Waals surface area contributed by atoms with Gasteiger partial charge in [0.1, 0.15) is 5.69 Å². The van der Waals surface area contributed by atoms with E-state index in [1.54, 1.807) is 17.2 Å². The summed E-state index contributed by atoms with van der Waals surface area (Å²) in [6.07, 6.45) is 1.70. The Morgan fingerprint density at radius 1 is 1.29 bits per heavy atom. The zero-order chi connectivity index (χ0) is 17.4. The molecule has 0 bridgehead atoms. The minimum atomic E-state index is -2.59. The maximum absolute atomic E-state index is 13.2. The zero-order valence-electron chi connectivity index (χ0n) is 13.8. The van der Waals surface area contributed by atoms with Crippen LogP contribution in [0.4, 0.5) is 8.78 Å². The fourth-order valence-electron chi connectivity index (χ4n) is 3.47. The lowest BCUT2D eigenvalue weighted by Crippen LogP contribution is -2.49. The van der Waals surface area contributed by atoms with Crippen molar-refractivity contribution in [2.24, 2.45) is 0 Å². The quantitative estimate of drug-likeness (QED) is 0.911. The number of aliphatic hydroxyl groups is 1. The van der Waals surface area contributed by atoms with Crippen molar-refractivity contribution in [2.45, 2.75) is 37.7 Å². The van der Waals surface area contributed by atoms with Crippen LogP contribution in [0.25, 0.3) is 0 Å².